The van der Waals surface area contributed by atoms with Gasteiger partial charge in [0.05, 0.1) is 5.56 Å². The molecule has 8 nitrogen and oxygen atoms in total. The number of fused-ring (bicyclic) bond motifs is 1. The third-order valence-electron chi connectivity index (χ3n) is 3.82. The first-order valence-electron chi connectivity index (χ1n) is 7.84. The predicted octanol–water partition coefficient (Wildman–Crippen LogP) is 1.15. The third-order valence-corrected chi connectivity index (χ3v) is 3.82. The minimum Gasteiger partial charge on any atom is -0.444 e. The highest BCUT2D eigenvalue weighted by Crippen LogP contribution is 2.23. The minimum atomic E-state index is -0.553. The average molecular weight is 332 g/mol. The second-order valence-corrected chi connectivity index (χ2v) is 6.74. The fraction of sp³-hybridized carbons (Fsp3) is 0.500. The molecule has 1 fully saturated rings. The van der Waals surface area contributed by atoms with E-state index in [9.17, 15) is 14.4 Å². The van der Waals surface area contributed by atoms with E-state index in [1.165, 1.54) is 6.20 Å². The van der Waals surface area contributed by atoms with Crippen LogP contribution in [-0.4, -0.2) is 69.6 Å². The lowest BCUT2D eigenvalue weighted by Gasteiger charge is -2.38. The Labute approximate surface area is 140 Å². The van der Waals surface area contributed by atoms with Crippen LogP contribution in [-0.2, 0) is 4.74 Å². The van der Waals surface area contributed by atoms with E-state index in [1.54, 1.807) is 22.0 Å². The van der Waals surface area contributed by atoms with Gasteiger partial charge in [-0.3, -0.25) is 14.6 Å². The van der Waals surface area contributed by atoms with Gasteiger partial charge in [-0.05, 0) is 32.9 Å². The van der Waals surface area contributed by atoms with Crippen molar-refractivity contribution in [3.05, 3.63) is 29.6 Å². The fourth-order valence-corrected chi connectivity index (χ4v) is 2.72. The SMILES string of the molecule is CC(C)(C)OC(=O)N1CCN(N2C(=O)c3cccnc3C2=O)CC1. The van der Waals surface area contributed by atoms with Crippen LogP contribution < -0.4 is 0 Å². The molecule has 0 aromatic carbocycles. The van der Waals surface area contributed by atoms with Gasteiger partial charge in [0.25, 0.3) is 11.8 Å². The molecule has 0 aliphatic carbocycles. The Morgan fingerprint density at radius 1 is 1.12 bits per heavy atom. The maximum absolute atomic E-state index is 12.4. The fourth-order valence-electron chi connectivity index (χ4n) is 2.72. The van der Waals surface area contributed by atoms with Gasteiger partial charge < -0.3 is 9.64 Å². The van der Waals surface area contributed by atoms with E-state index in [-0.39, 0.29) is 17.7 Å². The van der Waals surface area contributed by atoms with Gasteiger partial charge in [0.1, 0.15) is 11.3 Å². The zero-order valence-corrected chi connectivity index (χ0v) is 14.0. The standard InChI is InChI=1S/C16H20N4O4/c1-16(2,3)24-15(23)18-7-9-19(10-8-18)20-13(21)11-5-4-6-17-12(11)14(20)22/h4-6H,7-10H2,1-3H3. The van der Waals surface area contributed by atoms with Crippen LogP contribution in [0.15, 0.2) is 18.3 Å². The van der Waals surface area contributed by atoms with Gasteiger partial charge in [-0.25, -0.2) is 14.8 Å². The lowest BCUT2D eigenvalue weighted by atomic mass is 10.2. The zero-order chi connectivity index (χ0) is 17.5. The Kier molecular flexibility index (Phi) is 4.00. The van der Waals surface area contributed by atoms with Crippen molar-refractivity contribution in [2.45, 2.75) is 26.4 Å². The molecular formula is C16H20N4O4. The Bertz CT molecular complexity index is 655. The smallest absolute Gasteiger partial charge is 0.410 e. The van der Waals surface area contributed by atoms with Crippen LogP contribution in [0.2, 0.25) is 0 Å². The van der Waals surface area contributed by atoms with Crippen LogP contribution in [0.1, 0.15) is 41.6 Å². The highest BCUT2D eigenvalue weighted by Gasteiger charge is 2.41. The van der Waals surface area contributed by atoms with Gasteiger partial charge in [0.15, 0.2) is 0 Å². The Balaban J connectivity index is 1.65. The van der Waals surface area contributed by atoms with Crippen LogP contribution >= 0.6 is 0 Å². The van der Waals surface area contributed by atoms with Gasteiger partial charge >= 0.3 is 6.09 Å². The molecule has 3 amide bonds. The van der Waals surface area contributed by atoms with E-state index in [0.29, 0.717) is 31.7 Å². The van der Waals surface area contributed by atoms with E-state index in [2.05, 4.69) is 4.98 Å². The van der Waals surface area contributed by atoms with Gasteiger partial charge in [0.2, 0.25) is 0 Å². The third kappa shape index (κ3) is 2.96. The van der Waals surface area contributed by atoms with E-state index < -0.39 is 11.5 Å². The molecule has 128 valence electrons. The maximum Gasteiger partial charge on any atom is 0.410 e. The quantitative estimate of drug-likeness (QED) is 0.717. The highest BCUT2D eigenvalue weighted by atomic mass is 16.6. The molecular weight excluding hydrogens is 312 g/mol. The van der Waals surface area contributed by atoms with E-state index >= 15 is 0 Å². The Hall–Kier alpha value is -2.48. The van der Waals surface area contributed by atoms with Gasteiger partial charge in [0, 0.05) is 32.4 Å². The number of amides is 3. The van der Waals surface area contributed by atoms with Crippen molar-refractivity contribution >= 4 is 17.9 Å². The second-order valence-electron chi connectivity index (χ2n) is 6.74. The van der Waals surface area contributed by atoms with Crippen molar-refractivity contribution in [1.29, 1.82) is 0 Å². The number of imide groups is 1. The summed E-state index contributed by atoms with van der Waals surface area (Å²) in [6.07, 6.45) is 1.11. The van der Waals surface area contributed by atoms with Crippen LogP contribution in [0.5, 0.6) is 0 Å². The minimum absolute atomic E-state index is 0.178. The number of pyridine rings is 1. The second kappa shape index (κ2) is 5.86. The number of ether oxygens (including phenoxy) is 1. The first-order chi connectivity index (χ1) is 11.3. The van der Waals surface area contributed by atoms with E-state index in [4.69, 9.17) is 4.74 Å². The molecule has 1 saturated heterocycles. The lowest BCUT2D eigenvalue weighted by Crippen LogP contribution is -2.57. The molecule has 0 radical (unpaired) electrons. The summed E-state index contributed by atoms with van der Waals surface area (Å²) < 4.78 is 5.34. The summed E-state index contributed by atoms with van der Waals surface area (Å²) in [7, 11) is 0. The number of hydrogen-bond acceptors (Lipinski definition) is 6. The molecule has 2 aliphatic rings. The molecule has 0 unspecified atom stereocenters. The Morgan fingerprint density at radius 3 is 2.38 bits per heavy atom. The van der Waals surface area contributed by atoms with Crippen molar-refractivity contribution in [3.8, 4) is 0 Å². The van der Waals surface area contributed by atoms with Crippen LogP contribution in [0.4, 0.5) is 4.79 Å². The highest BCUT2D eigenvalue weighted by molar-refractivity contribution is 6.19. The summed E-state index contributed by atoms with van der Waals surface area (Å²) in [5.41, 5.74) is -0.0586. The number of nitrogens with zero attached hydrogens (tertiary/aromatic N) is 4. The summed E-state index contributed by atoms with van der Waals surface area (Å²) in [4.78, 5) is 42.5. The summed E-state index contributed by atoms with van der Waals surface area (Å²) in [5, 5.41) is 2.79. The predicted molar refractivity (Wildman–Crippen MR) is 84.1 cm³/mol. The molecule has 3 heterocycles. The molecule has 0 spiro atoms. The van der Waals surface area contributed by atoms with Crippen LogP contribution in [0.25, 0.3) is 0 Å². The average Bonchev–Trinajstić information content (AvgIpc) is 2.78. The van der Waals surface area contributed by atoms with Gasteiger partial charge in [-0.1, -0.05) is 0 Å². The first kappa shape index (κ1) is 16.4. The molecule has 24 heavy (non-hydrogen) atoms. The number of hydrogen-bond donors (Lipinski definition) is 0. The van der Waals surface area contributed by atoms with E-state index in [0.717, 1.165) is 5.01 Å². The number of rotatable bonds is 1. The molecule has 8 heteroatoms. The Morgan fingerprint density at radius 2 is 1.79 bits per heavy atom. The number of aromatic nitrogens is 1. The molecule has 0 atom stereocenters. The zero-order valence-electron chi connectivity index (χ0n) is 14.0. The van der Waals surface area contributed by atoms with Gasteiger partial charge in [-0.15, -0.1) is 0 Å². The van der Waals surface area contributed by atoms with Crippen molar-refractivity contribution in [2.75, 3.05) is 26.2 Å². The summed E-state index contributed by atoms with van der Waals surface area (Å²) in [6.45, 7) is 6.97. The monoisotopic (exact) mass is 332 g/mol. The van der Waals surface area contributed by atoms with Crippen LogP contribution in [0.3, 0.4) is 0 Å². The molecule has 0 saturated carbocycles. The molecule has 2 aliphatic heterocycles. The van der Waals surface area contributed by atoms with Crippen molar-refractivity contribution < 1.29 is 19.1 Å². The van der Waals surface area contributed by atoms with Crippen molar-refractivity contribution in [2.24, 2.45) is 0 Å². The largest absolute Gasteiger partial charge is 0.444 e. The summed E-state index contributed by atoms with van der Waals surface area (Å²) in [5.74, 6) is -0.782. The van der Waals surface area contributed by atoms with E-state index in [1.807, 2.05) is 20.8 Å². The van der Waals surface area contributed by atoms with Crippen LogP contribution in [0, 0.1) is 0 Å². The topological polar surface area (TPSA) is 83.1 Å². The normalized spacial score (nSPS) is 18.8. The lowest BCUT2D eigenvalue weighted by molar-refractivity contribution is -0.0288. The molecule has 3 rings (SSSR count). The summed E-state index contributed by atoms with van der Waals surface area (Å²) in [6, 6.07) is 3.23. The first-order valence-corrected chi connectivity index (χ1v) is 7.84. The summed E-state index contributed by atoms with van der Waals surface area (Å²) >= 11 is 0. The molecule has 0 bridgehead atoms. The molecule has 1 aromatic heterocycles. The molecule has 0 N–H and O–H groups in total. The van der Waals surface area contributed by atoms with Gasteiger partial charge in [-0.2, -0.15) is 0 Å². The number of hydrazine groups is 1. The maximum atomic E-state index is 12.4. The number of piperazine rings is 1. The van der Waals surface area contributed by atoms with Crippen molar-refractivity contribution in [1.82, 2.24) is 19.9 Å². The van der Waals surface area contributed by atoms with Crippen molar-refractivity contribution in [3.63, 3.8) is 0 Å². The molecule has 1 aromatic rings. The number of carbonyl (C=O) groups excluding carboxylic acids is 3. The number of carbonyl (C=O) groups is 3.